The Morgan fingerprint density at radius 1 is 1.06 bits per heavy atom. The average Bonchev–Trinajstić information content (AvgIpc) is 2.77. The summed E-state index contributed by atoms with van der Waals surface area (Å²) < 4.78 is 0.852. The minimum atomic E-state index is -0.615. The fourth-order valence-corrected chi connectivity index (χ4v) is 5.02. The molecule has 1 aliphatic heterocycles. The number of hydrogen-bond donors (Lipinski definition) is 1. The van der Waals surface area contributed by atoms with Gasteiger partial charge in [0.1, 0.15) is 5.25 Å². The van der Waals surface area contributed by atoms with Crippen molar-refractivity contribution in [3.63, 3.8) is 0 Å². The number of carbonyl (C=O) groups excluding carboxylic acids is 2. The highest BCUT2D eigenvalue weighted by Gasteiger charge is 2.36. The summed E-state index contributed by atoms with van der Waals surface area (Å²) >= 11 is 16.8. The van der Waals surface area contributed by atoms with Gasteiger partial charge in [-0.25, -0.2) is 4.99 Å². The molecule has 0 spiro atoms. The number of thioether (sulfide) groups is 1. The number of carbonyl (C=O) groups is 2. The molecule has 3 aromatic rings. The molecule has 1 heterocycles. The van der Waals surface area contributed by atoms with E-state index in [0.717, 1.165) is 10.0 Å². The molecule has 4 rings (SSSR count). The molecular weight excluding hydrogens is 545 g/mol. The van der Waals surface area contributed by atoms with Crippen LogP contribution in [0.15, 0.2) is 82.3 Å². The van der Waals surface area contributed by atoms with Crippen molar-refractivity contribution in [2.45, 2.75) is 18.2 Å². The number of nitrogens with zero attached hydrogens (tertiary/aromatic N) is 2. The highest BCUT2D eigenvalue weighted by molar-refractivity contribution is 9.10. The van der Waals surface area contributed by atoms with Crippen LogP contribution in [-0.2, 0) is 16.1 Å². The molecule has 9 heteroatoms. The molecule has 1 unspecified atom stereocenters. The van der Waals surface area contributed by atoms with E-state index < -0.39 is 5.25 Å². The van der Waals surface area contributed by atoms with E-state index in [1.165, 1.54) is 11.8 Å². The Hall–Kier alpha value is -2.32. The fourth-order valence-electron chi connectivity index (χ4n) is 3.21. The van der Waals surface area contributed by atoms with Gasteiger partial charge in [-0.1, -0.05) is 75.2 Å². The zero-order chi connectivity index (χ0) is 23.4. The van der Waals surface area contributed by atoms with Gasteiger partial charge >= 0.3 is 0 Å². The maximum Gasteiger partial charge on any atom is 0.238 e. The molecule has 0 saturated carbocycles. The van der Waals surface area contributed by atoms with Crippen LogP contribution in [0.2, 0.25) is 10.0 Å². The van der Waals surface area contributed by atoms with Crippen molar-refractivity contribution in [2.24, 2.45) is 4.99 Å². The van der Waals surface area contributed by atoms with Gasteiger partial charge in [-0.15, -0.1) is 0 Å². The van der Waals surface area contributed by atoms with Gasteiger partial charge in [-0.2, -0.15) is 0 Å². The molecule has 3 aromatic carbocycles. The molecule has 0 bridgehead atoms. The van der Waals surface area contributed by atoms with Crippen LogP contribution in [-0.4, -0.2) is 27.1 Å². The molecule has 1 aliphatic rings. The Kier molecular flexibility index (Phi) is 7.75. The summed E-state index contributed by atoms with van der Waals surface area (Å²) in [6.07, 6.45) is 0.0622. The third-order valence-electron chi connectivity index (χ3n) is 4.81. The standard InChI is InChI=1S/C24H18BrCl2N3O2S/c25-16-3-1-5-19(11-16)28-23(32)21-13-22(31)30(14-15-7-9-17(26)10-8-15)24(33-21)29-20-6-2-4-18(27)12-20/h1-12,21H,13-14H2,(H,28,32). The number of anilines is 1. The van der Waals surface area contributed by atoms with Crippen LogP contribution in [0.3, 0.4) is 0 Å². The molecule has 1 fully saturated rings. The minimum absolute atomic E-state index is 0.0622. The lowest BCUT2D eigenvalue weighted by atomic mass is 10.2. The summed E-state index contributed by atoms with van der Waals surface area (Å²) in [6, 6.07) is 21.7. The second-order valence-electron chi connectivity index (χ2n) is 7.29. The highest BCUT2D eigenvalue weighted by atomic mass is 79.9. The van der Waals surface area contributed by atoms with E-state index in [-0.39, 0.29) is 18.2 Å². The Morgan fingerprint density at radius 2 is 1.82 bits per heavy atom. The quantitative estimate of drug-likeness (QED) is 0.367. The maximum absolute atomic E-state index is 13.1. The van der Waals surface area contributed by atoms with Crippen molar-refractivity contribution in [3.8, 4) is 0 Å². The van der Waals surface area contributed by atoms with Gasteiger partial charge in [0.15, 0.2) is 5.17 Å². The first-order chi connectivity index (χ1) is 15.9. The molecular formula is C24H18BrCl2N3O2S. The van der Waals surface area contributed by atoms with Crippen molar-refractivity contribution in [1.82, 2.24) is 4.90 Å². The van der Waals surface area contributed by atoms with Crippen LogP contribution < -0.4 is 5.32 Å². The van der Waals surface area contributed by atoms with Crippen LogP contribution >= 0.6 is 50.9 Å². The number of amidine groups is 1. The number of benzene rings is 3. The number of rotatable bonds is 5. The maximum atomic E-state index is 13.1. The molecule has 5 nitrogen and oxygen atoms in total. The number of nitrogens with one attached hydrogen (secondary N) is 1. The van der Waals surface area contributed by atoms with Gasteiger partial charge in [-0.3, -0.25) is 14.5 Å². The van der Waals surface area contributed by atoms with Crippen molar-refractivity contribution >= 4 is 79.3 Å². The second-order valence-corrected chi connectivity index (χ2v) is 10.2. The van der Waals surface area contributed by atoms with E-state index >= 15 is 0 Å². The molecule has 0 aliphatic carbocycles. The summed E-state index contributed by atoms with van der Waals surface area (Å²) in [6.45, 7) is 0.322. The average molecular weight is 563 g/mol. The highest BCUT2D eigenvalue weighted by Crippen LogP contribution is 2.32. The van der Waals surface area contributed by atoms with E-state index in [1.54, 1.807) is 53.4 Å². The Bertz CT molecular complexity index is 1220. The van der Waals surface area contributed by atoms with Crippen molar-refractivity contribution in [1.29, 1.82) is 0 Å². The fraction of sp³-hybridized carbons (Fsp3) is 0.125. The first kappa shape index (κ1) is 23.8. The molecule has 1 N–H and O–H groups in total. The molecule has 0 radical (unpaired) electrons. The predicted molar refractivity (Wildman–Crippen MR) is 139 cm³/mol. The van der Waals surface area contributed by atoms with E-state index in [0.29, 0.717) is 33.1 Å². The van der Waals surface area contributed by atoms with Crippen LogP contribution in [0.5, 0.6) is 0 Å². The molecule has 1 saturated heterocycles. The van der Waals surface area contributed by atoms with E-state index in [4.69, 9.17) is 23.2 Å². The summed E-state index contributed by atoms with van der Waals surface area (Å²) in [7, 11) is 0. The van der Waals surface area contributed by atoms with Gasteiger partial charge in [0.25, 0.3) is 0 Å². The van der Waals surface area contributed by atoms with E-state index in [1.807, 2.05) is 24.3 Å². The van der Waals surface area contributed by atoms with Crippen molar-refractivity contribution < 1.29 is 9.59 Å². The van der Waals surface area contributed by atoms with Gasteiger partial charge in [-0.05, 0) is 54.1 Å². The van der Waals surface area contributed by atoms with Crippen LogP contribution in [0.4, 0.5) is 11.4 Å². The Labute approximate surface area is 214 Å². The zero-order valence-corrected chi connectivity index (χ0v) is 21.1. The Morgan fingerprint density at radius 3 is 2.55 bits per heavy atom. The number of aliphatic imine (C=N–C) groups is 1. The lowest BCUT2D eigenvalue weighted by Crippen LogP contribution is -2.44. The number of halogens is 3. The summed E-state index contributed by atoms with van der Waals surface area (Å²) in [4.78, 5) is 32.4. The van der Waals surface area contributed by atoms with E-state index in [2.05, 4.69) is 26.2 Å². The second kappa shape index (κ2) is 10.7. The van der Waals surface area contributed by atoms with Crippen molar-refractivity contribution in [3.05, 3.63) is 92.9 Å². The van der Waals surface area contributed by atoms with Crippen LogP contribution in [0, 0.1) is 0 Å². The molecule has 0 aromatic heterocycles. The molecule has 168 valence electrons. The Balaban J connectivity index is 1.60. The monoisotopic (exact) mass is 561 g/mol. The SMILES string of the molecule is O=C(Nc1cccc(Br)c1)C1CC(=O)N(Cc2ccc(Cl)cc2)C(=Nc2cccc(Cl)c2)S1. The predicted octanol–water partition coefficient (Wildman–Crippen LogP) is 6.92. The number of hydrogen-bond acceptors (Lipinski definition) is 4. The normalized spacial score (nSPS) is 17.3. The summed E-state index contributed by atoms with van der Waals surface area (Å²) in [5.74, 6) is -0.435. The van der Waals surface area contributed by atoms with Crippen LogP contribution in [0.1, 0.15) is 12.0 Å². The van der Waals surface area contributed by atoms with Gasteiger partial charge in [0, 0.05) is 26.6 Å². The molecule has 2 amide bonds. The largest absolute Gasteiger partial charge is 0.325 e. The van der Waals surface area contributed by atoms with Gasteiger partial charge < -0.3 is 5.32 Å². The smallest absolute Gasteiger partial charge is 0.238 e. The lowest BCUT2D eigenvalue weighted by Gasteiger charge is -2.32. The van der Waals surface area contributed by atoms with Crippen LogP contribution in [0.25, 0.3) is 0 Å². The van der Waals surface area contributed by atoms with Gasteiger partial charge in [0.2, 0.25) is 11.8 Å². The zero-order valence-electron chi connectivity index (χ0n) is 17.2. The first-order valence-corrected chi connectivity index (χ1v) is 12.4. The topological polar surface area (TPSA) is 61.8 Å². The summed E-state index contributed by atoms with van der Waals surface area (Å²) in [5.41, 5.74) is 2.16. The number of amides is 2. The minimum Gasteiger partial charge on any atom is -0.325 e. The van der Waals surface area contributed by atoms with Crippen molar-refractivity contribution in [2.75, 3.05) is 5.32 Å². The molecule has 1 atom stereocenters. The lowest BCUT2D eigenvalue weighted by molar-refractivity contribution is -0.129. The third kappa shape index (κ3) is 6.38. The van der Waals surface area contributed by atoms with E-state index in [9.17, 15) is 9.59 Å². The molecule has 33 heavy (non-hydrogen) atoms. The summed E-state index contributed by atoms with van der Waals surface area (Å²) in [5, 5.41) is 3.87. The van der Waals surface area contributed by atoms with Gasteiger partial charge in [0.05, 0.1) is 12.2 Å². The first-order valence-electron chi connectivity index (χ1n) is 9.99. The third-order valence-corrected chi connectivity index (χ3v) is 6.98.